The summed E-state index contributed by atoms with van der Waals surface area (Å²) in [7, 11) is 1.48. The summed E-state index contributed by atoms with van der Waals surface area (Å²) in [6, 6.07) is 17.2. The number of hydrogen-bond acceptors (Lipinski definition) is 7. The zero-order valence-corrected chi connectivity index (χ0v) is 26.9. The fourth-order valence-electron chi connectivity index (χ4n) is 5.84. The van der Waals surface area contributed by atoms with Crippen molar-refractivity contribution in [1.82, 2.24) is 20.4 Å². The second kappa shape index (κ2) is 13.8. The van der Waals surface area contributed by atoms with E-state index in [2.05, 4.69) is 10.6 Å². The predicted molar refractivity (Wildman–Crippen MR) is 166 cm³/mol. The van der Waals surface area contributed by atoms with Crippen LogP contribution in [-0.4, -0.2) is 82.9 Å². The zero-order chi connectivity index (χ0) is 32.9. The zero-order valence-electron chi connectivity index (χ0n) is 26.9. The highest BCUT2D eigenvalue weighted by atomic mass is 16.6. The van der Waals surface area contributed by atoms with E-state index < -0.39 is 53.0 Å². The van der Waals surface area contributed by atoms with Crippen molar-refractivity contribution in [2.75, 3.05) is 20.2 Å². The van der Waals surface area contributed by atoms with Crippen molar-refractivity contribution in [3.05, 3.63) is 71.8 Å². The second-order valence-electron chi connectivity index (χ2n) is 13.2. The Labute approximate surface area is 264 Å². The number of amides is 5. The van der Waals surface area contributed by atoms with E-state index in [9.17, 15) is 24.0 Å². The topological polar surface area (TPSA) is 134 Å². The molecule has 2 fully saturated rings. The molecule has 0 aliphatic carbocycles. The molecule has 0 aromatic heterocycles. The SMILES string of the molecule is CN1C(=O)C2CCN(C(=O)[C@@H](COCc3ccccc3)NC(=O)C(C)(C)NC(=O)OC(C)(C)C)C(Cc3ccccc3)C2C1=O. The quantitative estimate of drug-likeness (QED) is 0.390. The Balaban J connectivity index is 1.60. The molecule has 2 aromatic rings. The number of hydrogen-bond donors (Lipinski definition) is 2. The van der Waals surface area contributed by atoms with Gasteiger partial charge in [-0.3, -0.25) is 24.1 Å². The van der Waals surface area contributed by atoms with Crippen molar-refractivity contribution in [2.45, 2.75) is 77.3 Å². The van der Waals surface area contributed by atoms with Crippen molar-refractivity contribution in [3.63, 3.8) is 0 Å². The lowest BCUT2D eigenvalue weighted by molar-refractivity contribution is -0.147. The maximum atomic E-state index is 14.4. The van der Waals surface area contributed by atoms with Crippen LogP contribution in [0.5, 0.6) is 0 Å². The Morgan fingerprint density at radius 3 is 2.11 bits per heavy atom. The first kappa shape index (κ1) is 33.6. The molecule has 45 heavy (non-hydrogen) atoms. The minimum Gasteiger partial charge on any atom is -0.444 e. The maximum Gasteiger partial charge on any atom is 0.408 e. The molecular weight excluding hydrogens is 576 g/mol. The van der Waals surface area contributed by atoms with E-state index >= 15 is 0 Å². The first-order chi connectivity index (χ1) is 21.2. The van der Waals surface area contributed by atoms with E-state index in [1.165, 1.54) is 20.9 Å². The second-order valence-corrected chi connectivity index (χ2v) is 13.2. The number of carbonyl (C=O) groups excluding carboxylic acids is 5. The summed E-state index contributed by atoms with van der Waals surface area (Å²) in [5.41, 5.74) is -0.400. The average Bonchev–Trinajstić information content (AvgIpc) is 3.20. The summed E-state index contributed by atoms with van der Waals surface area (Å²) in [6.07, 6.45) is -0.0875. The molecule has 242 valence electrons. The van der Waals surface area contributed by atoms with Gasteiger partial charge in [-0.25, -0.2) is 4.79 Å². The maximum absolute atomic E-state index is 14.4. The van der Waals surface area contributed by atoms with Gasteiger partial charge in [0, 0.05) is 19.6 Å². The van der Waals surface area contributed by atoms with Crippen LogP contribution in [0.25, 0.3) is 0 Å². The Bertz CT molecular complexity index is 1390. The Kier molecular flexibility index (Phi) is 10.3. The molecule has 11 nitrogen and oxygen atoms in total. The van der Waals surface area contributed by atoms with Crippen LogP contribution in [-0.2, 0) is 41.7 Å². The molecule has 2 saturated heterocycles. The lowest BCUT2D eigenvalue weighted by Gasteiger charge is -2.42. The molecule has 4 atom stereocenters. The number of nitrogens with one attached hydrogen (secondary N) is 2. The van der Waals surface area contributed by atoms with Crippen molar-refractivity contribution >= 4 is 29.7 Å². The van der Waals surface area contributed by atoms with Gasteiger partial charge in [-0.1, -0.05) is 60.7 Å². The number of rotatable bonds is 10. The van der Waals surface area contributed by atoms with Gasteiger partial charge in [-0.05, 0) is 58.6 Å². The predicted octanol–water partition coefficient (Wildman–Crippen LogP) is 3.07. The molecule has 3 unspecified atom stereocenters. The molecule has 0 saturated carbocycles. The first-order valence-electron chi connectivity index (χ1n) is 15.3. The van der Waals surface area contributed by atoms with E-state index in [4.69, 9.17) is 9.47 Å². The smallest absolute Gasteiger partial charge is 0.408 e. The van der Waals surface area contributed by atoms with Crippen LogP contribution < -0.4 is 10.6 Å². The number of ether oxygens (including phenoxy) is 2. The largest absolute Gasteiger partial charge is 0.444 e. The van der Waals surface area contributed by atoms with Gasteiger partial charge in [0.1, 0.15) is 17.2 Å². The summed E-state index contributed by atoms with van der Waals surface area (Å²) >= 11 is 0. The van der Waals surface area contributed by atoms with Crippen LogP contribution in [0.1, 0.15) is 52.2 Å². The number of imide groups is 1. The number of nitrogens with zero attached hydrogens (tertiary/aromatic N) is 2. The third kappa shape index (κ3) is 8.27. The number of piperidine rings is 1. The Morgan fingerprint density at radius 1 is 0.911 bits per heavy atom. The van der Waals surface area contributed by atoms with Gasteiger partial charge in [-0.2, -0.15) is 0 Å². The third-order valence-electron chi connectivity index (χ3n) is 8.14. The fraction of sp³-hybridized carbons (Fsp3) is 0.500. The lowest BCUT2D eigenvalue weighted by atomic mass is 9.78. The third-order valence-corrected chi connectivity index (χ3v) is 8.14. The molecule has 0 bridgehead atoms. The van der Waals surface area contributed by atoms with E-state index in [-0.39, 0.29) is 31.6 Å². The summed E-state index contributed by atoms with van der Waals surface area (Å²) in [5.74, 6) is -2.81. The van der Waals surface area contributed by atoms with Crippen molar-refractivity contribution in [1.29, 1.82) is 0 Å². The molecule has 0 spiro atoms. The molecule has 0 radical (unpaired) electrons. The monoisotopic (exact) mass is 620 g/mol. The van der Waals surface area contributed by atoms with E-state index in [1.54, 1.807) is 25.7 Å². The summed E-state index contributed by atoms with van der Waals surface area (Å²) in [5, 5.41) is 5.37. The highest BCUT2D eigenvalue weighted by molar-refractivity contribution is 6.05. The summed E-state index contributed by atoms with van der Waals surface area (Å²) in [6.45, 7) is 8.46. The molecule has 2 aromatic carbocycles. The van der Waals surface area contributed by atoms with Gasteiger partial charge in [-0.15, -0.1) is 0 Å². The Morgan fingerprint density at radius 2 is 1.51 bits per heavy atom. The standard InChI is InChI=1S/C34H44N4O7/c1-33(2,3)45-32(43)36-34(4,5)31(42)35-25(21-44-20-23-15-11-8-12-16-23)29(40)38-18-17-24-27(30(41)37(6)28(24)39)26(38)19-22-13-9-7-10-14-22/h7-16,24-27H,17-21H2,1-6H3,(H,35,42)(H,36,43)/t24?,25-,26?,27?/m1/s1. The van der Waals surface area contributed by atoms with E-state index in [1.807, 2.05) is 60.7 Å². The minimum absolute atomic E-state index is 0.155. The van der Waals surface area contributed by atoms with E-state index in [0.717, 1.165) is 16.0 Å². The van der Waals surface area contributed by atoms with Crippen LogP contribution in [0.4, 0.5) is 4.79 Å². The average molecular weight is 621 g/mol. The summed E-state index contributed by atoms with van der Waals surface area (Å²) in [4.78, 5) is 69.5. The number of fused-ring (bicyclic) bond motifs is 1. The molecule has 2 aliphatic rings. The highest BCUT2D eigenvalue weighted by Crippen LogP contribution is 2.38. The van der Waals surface area contributed by atoms with E-state index in [0.29, 0.717) is 12.8 Å². The van der Waals surface area contributed by atoms with Gasteiger partial charge in [0.15, 0.2) is 0 Å². The van der Waals surface area contributed by atoms with Crippen LogP contribution in [0.15, 0.2) is 60.7 Å². The molecule has 2 heterocycles. The lowest BCUT2D eigenvalue weighted by Crippen LogP contribution is -2.63. The van der Waals surface area contributed by atoms with Gasteiger partial charge in [0.25, 0.3) is 0 Å². The first-order valence-corrected chi connectivity index (χ1v) is 15.3. The minimum atomic E-state index is -1.44. The van der Waals surface area contributed by atoms with Crippen molar-refractivity contribution in [2.24, 2.45) is 11.8 Å². The fourth-order valence-corrected chi connectivity index (χ4v) is 5.84. The van der Waals surface area contributed by atoms with Gasteiger partial charge in [0.2, 0.25) is 23.6 Å². The van der Waals surface area contributed by atoms with Gasteiger partial charge >= 0.3 is 6.09 Å². The molecular formula is C34H44N4O7. The van der Waals surface area contributed by atoms with Crippen LogP contribution in [0.2, 0.25) is 0 Å². The van der Waals surface area contributed by atoms with Crippen molar-refractivity contribution < 1.29 is 33.4 Å². The highest BCUT2D eigenvalue weighted by Gasteiger charge is 2.54. The molecule has 2 aliphatic heterocycles. The normalized spacial score (nSPS) is 20.8. The summed E-state index contributed by atoms with van der Waals surface area (Å²) < 4.78 is 11.3. The van der Waals surface area contributed by atoms with Gasteiger partial charge < -0.3 is 25.0 Å². The number of alkyl carbamates (subject to hydrolysis) is 1. The number of likely N-dealkylation sites (tertiary alicyclic amines) is 2. The van der Waals surface area contributed by atoms with Crippen LogP contribution in [0.3, 0.4) is 0 Å². The molecule has 2 N–H and O–H groups in total. The molecule has 5 amide bonds. The van der Waals surface area contributed by atoms with Crippen LogP contribution >= 0.6 is 0 Å². The molecule has 4 rings (SSSR count). The van der Waals surface area contributed by atoms with Crippen LogP contribution in [0, 0.1) is 11.8 Å². The molecule has 11 heteroatoms. The number of carbonyl (C=O) groups is 5. The van der Waals surface area contributed by atoms with Gasteiger partial charge in [0.05, 0.1) is 25.0 Å². The number of benzene rings is 2. The van der Waals surface area contributed by atoms with Crippen molar-refractivity contribution in [3.8, 4) is 0 Å². The Hall–Kier alpha value is -4.25.